The van der Waals surface area contributed by atoms with Gasteiger partial charge in [0.1, 0.15) is 0 Å². The second-order valence-corrected chi connectivity index (χ2v) is 5.27. The molecule has 1 N–H and O–H groups in total. The average Bonchev–Trinajstić information content (AvgIpc) is 2.63. The molecule has 0 unspecified atom stereocenters. The molecule has 2 aromatic carbocycles. The molecule has 0 saturated heterocycles. The van der Waals surface area contributed by atoms with Crippen molar-refractivity contribution in [2.24, 2.45) is 0 Å². The van der Waals surface area contributed by atoms with E-state index in [1.54, 1.807) is 19.1 Å². The lowest BCUT2D eigenvalue weighted by atomic mass is 10.2. The number of hydrogen-bond donors (Lipinski definition) is 1. The van der Waals surface area contributed by atoms with Crippen molar-refractivity contribution in [2.45, 2.75) is 13.5 Å². The second-order valence-electron chi connectivity index (χ2n) is 5.27. The van der Waals surface area contributed by atoms with Crippen LogP contribution in [0.1, 0.15) is 12.5 Å². The number of carbonyl (C=O) groups excluding carboxylic acids is 1. The van der Waals surface area contributed by atoms with E-state index in [1.807, 2.05) is 55.5 Å². The molecule has 2 aromatic rings. The quantitative estimate of drug-likeness (QED) is 0.809. The highest BCUT2D eigenvalue weighted by Crippen LogP contribution is 2.27. The largest absolute Gasteiger partial charge is 0.493 e. The van der Waals surface area contributed by atoms with Gasteiger partial charge in [-0.05, 0) is 36.8 Å². The SMILES string of the molecule is CCN(C(=O)CNCc1ccc(OC)c(OC)c1)c1ccccc1. The fourth-order valence-corrected chi connectivity index (χ4v) is 2.51. The lowest BCUT2D eigenvalue weighted by Crippen LogP contribution is -2.38. The van der Waals surface area contributed by atoms with Crippen LogP contribution in [0.15, 0.2) is 48.5 Å². The van der Waals surface area contributed by atoms with Gasteiger partial charge in [0, 0.05) is 18.8 Å². The molecule has 0 spiro atoms. The van der Waals surface area contributed by atoms with Crippen molar-refractivity contribution in [3.8, 4) is 11.5 Å². The summed E-state index contributed by atoms with van der Waals surface area (Å²) in [5.74, 6) is 1.42. The van der Waals surface area contributed by atoms with Gasteiger partial charge in [-0.15, -0.1) is 0 Å². The van der Waals surface area contributed by atoms with Crippen molar-refractivity contribution in [1.29, 1.82) is 0 Å². The zero-order valence-electron chi connectivity index (χ0n) is 14.4. The van der Waals surface area contributed by atoms with Crippen LogP contribution in [0.4, 0.5) is 5.69 Å². The summed E-state index contributed by atoms with van der Waals surface area (Å²) in [5, 5.41) is 3.19. The summed E-state index contributed by atoms with van der Waals surface area (Å²) in [6.07, 6.45) is 0. The second kappa shape index (κ2) is 8.93. The minimum Gasteiger partial charge on any atom is -0.493 e. The molecule has 0 aliphatic heterocycles. The number of hydrogen-bond acceptors (Lipinski definition) is 4. The molecule has 0 bridgehead atoms. The summed E-state index contributed by atoms with van der Waals surface area (Å²) in [4.78, 5) is 14.2. The molecule has 0 saturated carbocycles. The van der Waals surface area contributed by atoms with Crippen molar-refractivity contribution in [3.63, 3.8) is 0 Å². The Morgan fingerprint density at radius 2 is 1.75 bits per heavy atom. The van der Waals surface area contributed by atoms with E-state index >= 15 is 0 Å². The normalized spacial score (nSPS) is 10.3. The Morgan fingerprint density at radius 3 is 2.38 bits per heavy atom. The van der Waals surface area contributed by atoms with Gasteiger partial charge in [0.2, 0.25) is 5.91 Å². The van der Waals surface area contributed by atoms with Crippen LogP contribution in [0.25, 0.3) is 0 Å². The molecule has 1 amide bonds. The molecule has 0 heterocycles. The number of amides is 1. The van der Waals surface area contributed by atoms with Crippen molar-refractivity contribution in [1.82, 2.24) is 5.32 Å². The van der Waals surface area contributed by atoms with Crippen molar-refractivity contribution in [3.05, 3.63) is 54.1 Å². The van der Waals surface area contributed by atoms with Gasteiger partial charge >= 0.3 is 0 Å². The number of anilines is 1. The van der Waals surface area contributed by atoms with Crippen LogP contribution >= 0.6 is 0 Å². The van der Waals surface area contributed by atoms with Crippen molar-refractivity contribution >= 4 is 11.6 Å². The summed E-state index contributed by atoms with van der Waals surface area (Å²) in [7, 11) is 3.22. The Balaban J connectivity index is 1.92. The van der Waals surface area contributed by atoms with Gasteiger partial charge in [-0.2, -0.15) is 0 Å². The number of benzene rings is 2. The third-order valence-electron chi connectivity index (χ3n) is 3.74. The van der Waals surface area contributed by atoms with Crippen molar-refractivity contribution in [2.75, 3.05) is 32.2 Å². The average molecular weight is 328 g/mol. The zero-order valence-corrected chi connectivity index (χ0v) is 14.4. The first-order valence-electron chi connectivity index (χ1n) is 7.96. The van der Waals surface area contributed by atoms with Gasteiger partial charge in [0.25, 0.3) is 0 Å². The Morgan fingerprint density at radius 1 is 1.04 bits per heavy atom. The molecule has 0 aromatic heterocycles. The topological polar surface area (TPSA) is 50.8 Å². The van der Waals surface area contributed by atoms with Gasteiger partial charge in [-0.1, -0.05) is 24.3 Å². The standard InChI is InChI=1S/C19H24N2O3/c1-4-21(16-8-6-5-7-9-16)19(22)14-20-13-15-10-11-17(23-2)18(12-15)24-3/h5-12,20H,4,13-14H2,1-3H3. The minimum absolute atomic E-state index is 0.0455. The predicted octanol–water partition coefficient (Wildman–Crippen LogP) is 2.85. The van der Waals surface area contributed by atoms with E-state index in [2.05, 4.69) is 5.32 Å². The number of ether oxygens (including phenoxy) is 2. The van der Waals surface area contributed by atoms with E-state index in [9.17, 15) is 4.79 Å². The van der Waals surface area contributed by atoms with Gasteiger partial charge < -0.3 is 19.7 Å². The number of nitrogens with one attached hydrogen (secondary N) is 1. The molecule has 5 nitrogen and oxygen atoms in total. The molecule has 0 fully saturated rings. The molecule has 24 heavy (non-hydrogen) atoms. The fraction of sp³-hybridized carbons (Fsp3) is 0.316. The van der Waals surface area contributed by atoms with Gasteiger partial charge in [-0.3, -0.25) is 4.79 Å². The monoisotopic (exact) mass is 328 g/mol. The van der Waals surface area contributed by atoms with Gasteiger partial charge in [0.05, 0.1) is 20.8 Å². The number of methoxy groups -OCH3 is 2. The first-order chi connectivity index (χ1) is 11.7. The highest BCUT2D eigenvalue weighted by atomic mass is 16.5. The van der Waals surface area contributed by atoms with E-state index in [1.165, 1.54) is 0 Å². The van der Waals surface area contributed by atoms with Crippen LogP contribution in [0.5, 0.6) is 11.5 Å². The third-order valence-corrected chi connectivity index (χ3v) is 3.74. The first kappa shape index (κ1) is 17.8. The molecule has 0 aliphatic carbocycles. The summed E-state index contributed by atoms with van der Waals surface area (Å²) < 4.78 is 10.5. The molecular weight excluding hydrogens is 304 g/mol. The number of nitrogens with zero attached hydrogens (tertiary/aromatic N) is 1. The summed E-state index contributed by atoms with van der Waals surface area (Å²) in [6, 6.07) is 15.4. The van der Waals surface area contributed by atoms with E-state index in [0.29, 0.717) is 24.6 Å². The summed E-state index contributed by atoms with van der Waals surface area (Å²) in [6.45, 7) is 3.47. The number of carbonyl (C=O) groups is 1. The van der Waals surface area contributed by atoms with Crippen LogP contribution in [-0.4, -0.2) is 33.2 Å². The molecule has 0 aliphatic rings. The molecular formula is C19H24N2O3. The highest BCUT2D eigenvalue weighted by Gasteiger charge is 2.13. The zero-order chi connectivity index (χ0) is 17.4. The maximum atomic E-state index is 12.4. The van der Waals surface area contributed by atoms with E-state index < -0.39 is 0 Å². The molecule has 128 valence electrons. The maximum Gasteiger partial charge on any atom is 0.240 e. The highest BCUT2D eigenvalue weighted by molar-refractivity contribution is 5.94. The van der Waals surface area contributed by atoms with Crippen LogP contribution < -0.4 is 19.7 Å². The van der Waals surface area contributed by atoms with E-state index in [0.717, 1.165) is 11.3 Å². The number of likely N-dealkylation sites (N-methyl/N-ethyl adjacent to an activating group) is 1. The van der Waals surface area contributed by atoms with Crippen LogP contribution in [0, 0.1) is 0 Å². The van der Waals surface area contributed by atoms with Crippen LogP contribution in [-0.2, 0) is 11.3 Å². The van der Waals surface area contributed by atoms with Crippen LogP contribution in [0.2, 0.25) is 0 Å². The number of rotatable bonds is 8. The summed E-state index contributed by atoms with van der Waals surface area (Å²) >= 11 is 0. The smallest absolute Gasteiger partial charge is 0.240 e. The van der Waals surface area contributed by atoms with Gasteiger partial charge in [-0.25, -0.2) is 0 Å². The third kappa shape index (κ3) is 4.49. The summed E-state index contributed by atoms with van der Waals surface area (Å²) in [5.41, 5.74) is 1.95. The first-order valence-corrected chi connectivity index (χ1v) is 7.96. The minimum atomic E-state index is 0.0455. The molecule has 0 radical (unpaired) electrons. The van der Waals surface area contributed by atoms with E-state index in [-0.39, 0.29) is 12.5 Å². The van der Waals surface area contributed by atoms with Crippen LogP contribution in [0.3, 0.4) is 0 Å². The Hall–Kier alpha value is -2.53. The van der Waals surface area contributed by atoms with Gasteiger partial charge in [0.15, 0.2) is 11.5 Å². The molecule has 5 heteroatoms. The van der Waals surface area contributed by atoms with Crippen molar-refractivity contribution < 1.29 is 14.3 Å². The number of para-hydroxylation sites is 1. The Kier molecular flexibility index (Phi) is 6.63. The lowest BCUT2D eigenvalue weighted by molar-refractivity contribution is -0.117. The lowest BCUT2D eigenvalue weighted by Gasteiger charge is -2.21. The predicted molar refractivity (Wildman–Crippen MR) is 95.7 cm³/mol. The van der Waals surface area contributed by atoms with E-state index in [4.69, 9.17) is 9.47 Å². The Bertz CT molecular complexity index is 659. The molecule has 0 atom stereocenters. The Labute approximate surface area is 143 Å². The maximum absolute atomic E-state index is 12.4. The molecule has 2 rings (SSSR count). The fourth-order valence-electron chi connectivity index (χ4n) is 2.51.